The molecule has 0 spiro atoms. The van der Waals surface area contributed by atoms with Crippen molar-refractivity contribution in [1.29, 1.82) is 0 Å². The molecule has 0 saturated carbocycles. The number of carboxylic acid groups (broad SMARTS) is 1. The van der Waals surface area contributed by atoms with E-state index in [1.807, 2.05) is 25.1 Å². The first-order valence-electron chi connectivity index (χ1n) is 9.26. The molecule has 1 aromatic carbocycles. The summed E-state index contributed by atoms with van der Waals surface area (Å²) >= 11 is 0. The Balaban J connectivity index is 0. The fourth-order valence-corrected chi connectivity index (χ4v) is 1.99. The number of benzene rings is 1. The molecular weight excluding hydrogens is 316 g/mol. The molecule has 0 aliphatic carbocycles. The van der Waals surface area contributed by atoms with E-state index in [-0.39, 0.29) is 0 Å². The van der Waals surface area contributed by atoms with Crippen LogP contribution in [-0.2, 0) is 11.2 Å². The lowest BCUT2D eigenvalue weighted by Crippen LogP contribution is -1.87. The van der Waals surface area contributed by atoms with Gasteiger partial charge in [0.05, 0.1) is 0 Å². The van der Waals surface area contributed by atoms with Crippen molar-refractivity contribution in [2.24, 2.45) is 0 Å². The number of phenolic OH excluding ortho intramolecular Hbond substituents is 1. The van der Waals surface area contributed by atoms with E-state index in [9.17, 15) is 9.90 Å². The first-order valence-corrected chi connectivity index (χ1v) is 9.26. The third-order valence-corrected chi connectivity index (χ3v) is 3.44. The number of hydrogen-bond acceptors (Lipinski definition) is 3. The molecule has 3 N–H and O–H groups in total. The van der Waals surface area contributed by atoms with E-state index in [1.165, 1.54) is 44.9 Å². The maximum absolute atomic E-state index is 9.58. The van der Waals surface area contributed by atoms with Crippen LogP contribution in [0.3, 0.4) is 0 Å². The van der Waals surface area contributed by atoms with Gasteiger partial charge in [0.1, 0.15) is 5.75 Å². The van der Waals surface area contributed by atoms with Crippen molar-refractivity contribution in [2.75, 3.05) is 6.61 Å². The number of aliphatic hydroxyl groups excluding tert-OH is 1. The molecule has 144 valence electrons. The summed E-state index contributed by atoms with van der Waals surface area (Å²) in [6.07, 6.45) is 12.0. The fourth-order valence-electron chi connectivity index (χ4n) is 1.99. The smallest absolute Gasteiger partial charge is 0.327 e. The van der Waals surface area contributed by atoms with Crippen molar-refractivity contribution < 1.29 is 20.1 Å². The van der Waals surface area contributed by atoms with Gasteiger partial charge in [0.15, 0.2) is 0 Å². The summed E-state index contributed by atoms with van der Waals surface area (Å²) < 4.78 is 0. The molecule has 0 aliphatic heterocycles. The predicted molar refractivity (Wildman–Crippen MR) is 105 cm³/mol. The summed E-state index contributed by atoms with van der Waals surface area (Å²) in [5.41, 5.74) is 1.09. The lowest BCUT2D eigenvalue weighted by molar-refractivity contribution is -0.131. The number of aryl methyl sites for hydroxylation is 1. The first kappa shape index (κ1) is 25.4. The second-order valence-corrected chi connectivity index (χ2v) is 5.77. The van der Waals surface area contributed by atoms with Crippen LogP contribution in [0, 0.1) is 0 Å². The second kappa shape index (κ2) is 20.2. The summed E-state index contributed by atoms with van der Waals surface area (Å²) in [6, 6.07) is 7.67. The molecule has 0 atom stereocenters. The number of hydrogen-bond donors (Lipinski definition) is 3. The van der Waals surface area contributed by atoms with Crippen LogP contribution >= 0.6 is 0 Å². The molecule has 1 aromatic rings. The number of aliphatic hydroxyl groups is 1. The van der Waals surface area contributed by atoms with Crippen molar-refractivity contribution in [1.82, 2.24) is 0 Å². The number of para-hydroxylation sites is 1. The van der Waals surface area contributed by atoms with E-state index < -0.39 is 5.97 Å². The normalized spacial score (nSPS) is 9.24. The number of unbranched alkanes of at least 4 members (excludes halogenated alkanes) is 6. The standard InChI is InChI=1S/C15H24O.C3H4O2.C3H8O/c1-2-3-4-5-6-7-8-11-14-12-9-10-13-15(14)16;1-2-3(4)5;1-2-3-4/h9-10,12-13,16H,2-8,11H2,1H3;2H,1H2,(H,4,5);4H,2-3H2,1H3. The SMILES string of the molecule is C=CC(=O)O.CCCCCCCCCc1ccccc1O.CCCO. The quantitative estimate of drug-likeness (QED) is 0.393. The van der Waals surface area contributed by atoms with Crippen molar-refractivity contribution in [3.63, 3.8) is 0 Å². The minimum atomic E-state index is -0.981. The number of aliphatic carboxylic acids is 1. The van der Waals surface area contributed by atoms with Gasteiger partial charge in [0, 0.05) is 12.7 Å². The third kappa shape index (κ3) is 20.1. The first-order chi connectivity index (χ1) is 12.0. The maximum atomic E-state index is 9.58. The van der Waals surface area contributed by atoms with E-state index in [2.05, 4.69) is 13.5 Å². The zero-order valence-corrected chi connectivity index (χ0v) is 15.9. The van der Waals surface area contributed by atoms with Crippen molar-refractivity contribution in [3.05, 3.63) is 42.5 Å². The Hall–Kier alpha value is -1.81. The molecule has 0 bridgehead atoms. The lowest BCUT2D eigenvalue weighted by atomic mass is 10.0. The number of aromatic hydroxyl groups is 1. The summed E-state index contributed by atoms with van der Waals surface area (Å²) in [6.45, 7) is 7.46. The largest absolute Gasteiger partial charge is 0.508 e. The molecule has 0 heterocycles. The topological polar surface area (TPSA) is 77.8 Å². The van der Waals surface area contributed by atoms with E-state index in [0.717, 1.165) is 24.5 Å². The van der Waals surface area contributed by atoms with Crippen LogP contribution < -0.4 is 0 Å². The van der Waals surface area contributed by atoms with Crippen LogP contribution in [0.25, 0.3) is 0 Å². The number of carboxylic acids is 1. The number of carbonyl (C=O) groups is 1. The van der Waals surface area contributed by atoms with E-state index in [4.69, 9.17) is 10.2 Å². The molecule has 4 nitrogen and oxygen atoms in total. The highest BCUT2D eigenvalue weighted by atomic mass is 16.4. The van der Waals surface area contributed by atoms with Crippen LogP contribution in [0.1, 0.15) is 70.8 Å². The zero-order valence-electron chi connectivity index (χ0n) is 15.9. The molecule has 0 amide bonds. The Bertz CT molecular complexity index is 428. The Morgan fingerprint density at radius 2 is 1.48 bits per heavy atom. The van der Waals surface area contributed by atoms with E-state index in [0.29, 0.717) is 12.4 Å². The van der Waals surface area contributed by atoms with Gasteiger partial charge in [-0.05, 0) is 30.9 Å². The maximum Gasteiger partial charge on any atom is 0.327 e. The van der Waals surface area contributed by atoms with Gasteiger partial charge in [-0.1, -0.05) is 77.2 Å². The second-order valence-electron chi connectivity index (χ2n) is 5.77. The van der Waals surface area contributed by atoms with E-state index in [1.54, 1.807) is 6.07 Å². The monoisotopic (exact) mass is 352 g/mol. The van der Waals surface area contributed by atoms with Crippen molar-refractivity contribution in [3.8, 4) is 5.75 Å². The Morgan fingerprint density at radius 3 is 1.92 bits per heavy atom. The van der Waals surface area contributed by atoms with Crippen LogP contribution in [0.4, 0.5) is 0 Å². The zero-order chi connectivity index (χ0) is 19.3. The average molecular weight is 353 g/mol. The van der Waals surface area contributed by atoms with Gasteiger partial charge in [0.25, 0.3) is 0 Å². The minimum Gasteiger partial charge on any atom is -0.508 e. The highest BCUT2D eigenvalue weighted by molar-refractivity contribution is 5.78. The van der Waals surface area contributed by atoms with Gasteiger partial charge in [-0.25, -0.2) is 4.79 Å². The van der Waals surface area contributed by atoms with Crippen molar-refractivity contribution in [2.45, 2.75) is 71.6 Å². The molecule has 0 saturated heterocycles. The molecule has 0 aliphatic rings. The summed E-state index contributed by atoms with van der Waals surface area (Å²) in [5.74, 6) is -0.529. The minimum absolute atomic E-state index is 0.319. The Kier molecular flexibility index (Phi) is 20.6. The van der Waals surface area contributed by atoms with Gasteiger partial charge < -0.3 is 15.3 Å². The summed E-state index contributed by atoms with van der Waals surface area (Å²) in [4.78, 5) is 9.25. The summed E-state index contributed by atoms with van der Waals surface area (Å²) in [7, 11) is 0. The molecule has 0 radical (unpaired) electrons. The Labute approximate surface area is 153 Å². The van der Waals surface area contributed by atoms with Crippen LogP contribution in [0.15, 0.2) is 36.9 Å². The van der Waals surface area contributed by atoms with Gasteiger partial charge in [0.2, 0.25) is 0 Å². The molecule has 0 fully saturated rings. The highest BCUT2D eigenvalue weighted by Gasteiger charge is 1.98. The van der Waals surface area contributed by atoms with Crippen molar-refractivity contribution >= 4 is 5.97 Å². The van der Waals surface area contributed by atoms with Crippen LogP contribution in [0.5, 0.6) is 5.75 Å². The van der Waals surface area contributed by atoms with E-state index >= 15 is 0 Å². The van der Waals surface area contributed by atoms with Gasteiger partial charge in [-0.3, -0.25) is 0 Å². The fraction of sp³-hybridized carbons (Fsp3) is 0.571. The predicted octanol–water partition coefficient (Wildman–Crippen LogP) is 5.33. The molecular formula is C21H36O4. The van der Waals surface area contributed by atoms with Gasteiger partial charge >= 0.3 is 5.97 Å². The molecule has 0 aromatic heterocycles. The number of phenols is 1. The number of rotatable bonds is 10. The van der Waals surface area contributed by atoms with Gasteiger partial charge in [-0.15, -0.1) is 0 Å². The summed E-state index contributed by atoms with van der Waals surface area (Å²) in [5, 5.41) is 25.1. The van der Waals surface area contributed by atoms with Crippen LogP contribution in [-0.4, -0.2) is 27.9 Å². The van der Waals surface area contributed by atoms with Crippen LogP contribution in [0.2, 0.25) is 0 Å². The van der Waals surface area contributed by atoms with Gasteiger partial charge in [-0.2, -0.15) is 0 Å². The average Bonchev–Trinajstić information content (AvgIpc) is 2.63. The molecule has 1 rings (SSSR count). The molecule has 4 heteroatoms. The lowest BCUT2D eigenvalue weighted by Gasteiger charge is -2.04. The highest BCUT2D eigenvalue weighted by Crippen LogP contribution is 2.18. The molecule has 25 heavy (non-hydrogen) atoms. The Morgan fingerprint density at radius 1 is 1.00 bits per heavy atom. The molecule has 0 unspecified atom stereocenters. The third-order valence-electron chi connectivity index (χ3n) is 3.44.